The topological polar surface area (TPSA) is 41.6 Å². The van der Waals surface area contributed by atoms with Crippen LogP contribution in [0.1, 0.15) is 39.6 Å². The summed E-state index contributed by atoms with van der Waals surface area (Å²) in [7, 11) is 0. The van der Waals surface area contributed by atoms with E-state index in [-0.39, 0.29) is 5.92 Å². The Morgan fingerprint density at radius 1 is 1.09 bits per heavy atom. The second-order valence-electron chi connectivity index (χ2n) is 5.80. The monoisotopic (exact) mass is 291 g/mol. The van der Waals surface area contributed by atoms with Gasteiger partial charge in [0.1, 0.15) is 0 Å². The largest absolute Gasteiger partial charge is 0.348 e. The first-order valence-corrected chi connectivity index (χ1v) is 7.61. The van der Waals surface area contributed by atoms with Crippen molar-refractivity contribution in [2.45, 2.75) is 33.1 Å². The van der Waals surface area contributed by atoms with Gasteiger partial charge in [0, 0.05) is 29.7 Å². The summed E-state index contributed by atoms with van der Waals surface area (Å²) in [5.41, 5.74) is 7.55. The second-order valence-corrected chi connectivity index (χ2v) is 5.80. The predicted molar refractivity (Wildman–Crippen MR) is 89.0 cm³/mol. The van der Waals surface area contributed by atoms with E-state index in [1.165, 1.54) is 22.3 Å². The quantitative estimate of drug-likeness (QED) is 0.786. The number of aryl methyl sites for hydroxylation is 2. The van der Waals surface area contributed by atoms with E-state index in [1.54, 1.807) is 6.33 Å². The highest BCUT2D eigenvalue weighted by atomic mass is 14.9. The standard InChI is InChI=1S/C19H21N3/c1-13-6-4-8-17(14(13)2)18(19-11-20-12-22-19)10-16-7-5-9-21-15(16)3/h4-9,11-12,18H,10H2,1-3H3,(H,20,22). The first kappa shape index (κ1) is 14.5. The molecule has 0 saturated carbocycles. The zero-order chi connectivity index (χ0) is 15.5. The highest BCUT2D eigenvalue weighted by molar-refractivity contribution is 5.40. The summed E-state index contributed by atoms with van der Waals surface area (Å²) < 4.78 is 0. The molecule has 0 amide bonds. The lowest BCUT2D eigenvalue weighted by molar-refractivity contribution is 0.764. The number of hydrogen-bond donors (Lipinski definition) is 1. The number of aromatic nitrogens is 3. The molecule has 22 heavy (non-hydrogen) atoms. The molecule has 1 atom stereocenters. The van der Waals surface area contributed by atoms with Crippen LogP contribution >= 0.6 is 0 Å². The van der Waals surface area contributed by atoms with Crippen LogP contribution in [-0.2, 0) is 6.42 Å². The van der Waals surface area contributed by atoms with Crippen molar-refractivity contribution in [1.29, 1.82) is 0 Å². The van der Waals surface area contributed by atoms with Crippen LogP contribution in [0.2, 0.25) is 0 Å². The predicted octanol–water partition coefficient (Wildman–Crippen LogP) is 4.10. The van der Waals surface area contributed by atoms with E-state index in [2.05, 4.69) is 60.0 Å². The minimum absolute atomic E-state index is 0.269. The zero-order valence-corrected chi connectivity index (χ0v) is 13.3. The van der Waals surface area contributed by atoms with E-state index in [9.17, 15) is 0 Å². The van der Waals surface area contributed by atoms with E-state index in [4.69, 9.17) is 0 Å². The number of pyridine rings is 1. The molecule has 3 rings (SSSR count). The Bertz CT molecular complexity index is 760. The van der Waals surface area contributed by atoms with Gasteiger partial charge in [-0.2, -0.15) is 0 Å². The van der Waals surface area contributed by atoms with Gasteiger partial charge in [-0.25, -0.2) is 4.98 Å². The minimum atomic E-state index is 0.269. The van der Waals surface area contributed by atoms with Crippen LogP contribution in [0.4, 0.5) is 0 Å². The van der Waals surface area contributed by atoms with Crippen molar-refractivity contribution in [3.63, 3.8) is 0 Å². The van der Waals surface area contributed by atoms with Gasteiger partial charge in [-0.05, 0) is 55.5 Å². The fourth-order valence-corrected chi connectivity index (χ4v) is 2.95. The van der Waals surface area contributed by atoms with Crippen molar-refractivity contribution in [3.05, 3.63) is 82.7 Å². The molecule has 112 valence electrons. The summed E-state index contributed by atoms with van der Waals surface area (Å²) in [6.07, 6.45) is 6.45. The fraction of sp³-hybridized carbons (Fsp3) is 0.263. The van der Waals surface area contributed by atoms with Gasteiger partial charge in [-0.15, -0.1) is 0 Å². The molecule has 0 spiro atoms. The molecule has 0 radical (unpaired) electrons. The number of benzene rings is 1. The number of imidazole rings is 1. The number of nitrogens with one attached hydrogen (secondary N) is 1. The van der Waals surface area contributed by atoms with Gasteiger partial charge in [0.05, 0.1) is 6.33 Å². The van der Waals surface area contributed by atoms with E-state index in [1.807, 2.05) is 18.5 Å². The summed E-state index contributed by atoms with van der Waals surface area (Å²) >= 11 is 0. The van der Waals surface area contributed by atoms with Gasteiger partial charge >= 0.3 is 0 Å². The third kappa shape index (κ3) is 2.80. The molecule has 0 fully saturated rings. The smallest absolute Gasteiger partial charge is 0.0921 e. The van der Waals surface area contributed by atoms with Crippen LogP contribution in [0.3, 0.4) is 0 Å². The van der Waals surface area contributed by atoms with Gasteiger partial charge in [-0.3, -0.25) is 4.98 Å². The summed E-state index contributed by atoms with van der Waals surface area (Å²) in [6, 6.07) is 10.7. The normalized spacial score (nSPS) is 12.3. The van der Waals surface area contributed by atoms with E-state index >= 15 is 0 Å². The van der Waals surface area contributed by atoms with Crippen LogP contribution in [0, 0.1) is 20.8 Å². The average molecular weight is 291 g/mol. The molecular weight excluding hydrogens is 270 g/mol. The van der Waals surface area contributed by atoms with Crippen molar-refractivity contribution in [1.82, 2.24) is 15.0 Å². The fourth-order valence-electron chi connectivity index (χ4n) is 2.95. The summed E-state index contributed by atoms with van der Waals surface area (Å²) in [5, 5.41) is 0. The molecule has 2 heterocycles. The molecule has 0 saturated heterocycles. The maximum absolute atomic E-state index is 4.42. The van der Waals surface area contributed by atoms with E-state index < -0.39 is 0 Å². The molecule has 3 aromatic rings. The maximum Gasteiger partial charge on any atom is 0.0921 e. The Kier molecular flexibility index (Phi) is 4.05. The van der Waals surface area contributed by atoms with Crippen molar-refractivity contribution in [3.8, 4) is 0 Å². The van der Waals surface area contributed by atoms with E-state index in [0.717, 1.165) is 17.8 Å². The van der Waals surface area contributed by atoms with Gasteiger partial charge in [-0.1, -0.05) is 24.3 Å². The van der Waals surface area contributed by atoms with Crippen LogP contribution in [0.5, 0.6) is 0 Å². The van der Waals surface area contributed by atoms with Gasteiger partial charge in [0.25, 0.3) is 0 Å². The zero-order valence-electron chi connectivity index (χ0n) is 13.3. The summed E-state index contributed by atoms with van der Waals surface area (Å²) in [6.45, 7) is 6.44. The molecule has 1 N–H and O–H groups in total. The molecule has 1 unspecified atom stereocenters. The first-order chi connectivity index (χ1) is 10.7. The van der Waals surface area contributed by atoms with Crippen molar-refractivity contribution < 1.29 is 0 Å². The second kappa shape index (κ2) is 6.14. The van der Waals surface area contributed by atoms with Gasteiger partial charge in [0.15, 0.2) is 0 Å². The Balaban J connectivity index is 2.05. The summed E-state index contributed by atoms with van der Waals surface area (Å²) in [4.78, 5) is 11.9. The number of nitrogens with zero attached hydrogens (tertiary/aromatic N) is 2. The minimum Gasteiger partial charge on any atom is -0.348 e. The third-order valence-electron chi connectivity index (χ3n) is 4.46. The Hall–Kier alpha value is -2.42. The lowest BCUT2D eigenvalue weighted by Crippen LogP contribution is -2.09. The SMILES string of the molecule is Cc1cccc(C(Cc2cccnc2C)c2cnc[nH]2)c1C. The lowest BCUT2D eigenvalue weighted by atomic mass is 9.85. The van der Waals surface area contributed by atoms with Crippen LogP contribution < -0.4 is 0 Å². The van der Waals surface area contributed by atoms with Gasteiger partial charge < -0.3 is 4.98 Å². The van der Waals surface area contributed by atoms with Crippen LogP contribution in [0.15, 0.2) is 49.1 Å². The molecule has 0 bridgehead atoms. The van der Waals surface area contributed by atoms with Crippen molar-refractivity contribution in [2.24, 2.45) is 0 Å². The Morgan fingerprint density at radius 3 is 2.68 bits per heavy atom. The molecule has 2 aromatic heterocycles. The Morgan fingerprint density at radius 2 is 1.95 bits per heavy atom. The number of rotatable bonds is 4. The third-order valence-corrected chi connectivity index (χ3v) is 4.46. The Labute approximate surface area is 131 Å². The molecule has 0 aliphatic heterocycles. The molecular formula is C19H21N3. The molecule has 0 aliphatic carbocycles. The maximum atomic E-state index is 4.42. The van der Waals surface area contributed by atoms with E-state index in [0.29, 0.717) is 0 Å². The molecule has 3 heteroatoms. The lowest BCUT2D eigenvalue weighted by Gasteiger charge is -2.20. The highest BCUT2D eigenvalue weighted by Crippen LogP contribution is 2.31. The van der Waals surface area contributed by atoms with Gasteiger partial charge in [0.2, 0.25) is 0 Å². The van der Waals surface area contributed by atoms with Crippen LogP contribution in [0.25, 0.3) is 0 Å². The van der Waals surface area contributed by atoms with Crippen LogP contribution in [-0.4, -0.2) is 15.0 Å². The van der Waals surface area contributed by atoms with Crippen molar-refractivity contribution >= 4 is 0 Å². The van der Waals surface area contributed by atoms with Crippen molar-refractivity contribution in [2.75, 3.05) is 0 Å². The molecule has 3 nitrogen and oxygen atoms in total. The molecule has 0 aliphatic rings. The number of aromatic amines is 1. The summed E-state index contributed by atoms with van der Waals surface area (Å²) in [5.74, 6) is 0.269. The number of hydrogen-bond acceptors (Lipinski definition) is 2. The average Bonchev–Trinajstić information content (AvgIpc) is 3.04. The number of H-pyrrole nitrogens is 1. The molecule has 1 aromatic carbocycles. The first-order valence-electron chi connectivity index (χ1n) is 7.61. The highest BCUT2D eigenvalue weighted by Gasteiger charge is 2.19.